The van der Waals surface area contributed by atoms with Gasteiger partial charge in [0.2, 0.25) is 0 Å². The first-order chi connectivity index (χ1) is 7.95. The normalized spacial score (nSPS) is 45.2. The average molecular weight is 236 g/mol. The molecule has 0 spiro atoms. The monoisotopic (exact) mass is 236 g/mol. The summed E-state index contributed by atoms with van der Waals surface area (Å²) in [6, 6.07) is 0. The molecule has 3 aliphatic rings. The van der Waals surface area contributed by atoms with Gasteiger partial charge in [-0.3, -0.25) is 4.79 Å². The lowest BCUT2D eigenvalue weighted by atomic mass is 9.87. The van der Waals surface area contributed by atoms with Crippen LogP contribution in [0.15, 0.2) is 12.2 Å². The predicted octanol–water partition coefficient (Wildman–Crippen LogP) is 1.60. The summed E-state index contributed by atoms with van der Waals surface area (Å²) in [4.78, 5) is 22.7. The van der Waals surface area contributed by atoms with E-state index >= 15 is 0 Å². The van der Waals surface area contributed by atoms with Crippen molar-refractivity contribution in [2.75, 3.05) is 0 Å². The lowest BCUT2D eigenvalue weighted by Crippen LogP contribution is -2.33. The molecule has 1 N–H and O–H groups in total. The number of hydrogen-bond donors (Lipinski definition) is 1. The van der Waals surface area contributed by atoms with Crippen molar-refractivity contribution >= 4 is 11.9 Å². The number of fused-ring (bicyclic) bond motifs is 5. The van der Waals surface area contributed by atoms with Crippen LogP contribution in [0.4, 0.5) is 0 Å². The van der Waals surface area contributed by atoms with Gasteiger partial charge in [-0.2, -0.15) is 0 Å². The number of esters is 1. The van der Waals surface area contributed by atoms with Crippen molar-refractivity contribution in [3.05, 3.63) is 12.2 Å². The van der Waals surface area contributed by atoms with Crippen LogP contribution in [-0.4, -0.2) is 22.6 Å². The first-order valence-electron chi connectivity index (χ1n) is 6.07. The molecular weight excluding hydrogens is 220 g/mol. The fourth-order valence-electron chi connectivity index (χ4n) is 3.93. The van der Waals surface area contributed by atoms with Crippen LogP contribution in [0.1, 0.15) is 26.2 Å². The van der Waals surface area contributed by atoms with Gasteiger partial charge >= 0.3 is 11.9 Å². The maximum absolute atomic E-state index is 11.6. The van der Waals surface area contributed by atoms with E-state index in [2.05, 4.69) is 6.58 Å². The van der Waals surface area contributed by atoms with E-state index in [1.165, 1.54) is 0 Å². The third-order valence-electron chi connectivity index (χ3n) is 4.77. The number of carbonyl (C=O) groups is 2. The summed E-state index contributed by atoms with van der Waals surface area (Å²) in [5, 5.41) is 9.10. The molecule has 4 nitrogen and oxygen atoms in total. The molecule has 0 saturated heterocycles. The van der Waals surface area contributed by atoms with Gasteiger partial charge in [0.1, 0.15) is 5.60 Å². The van der Waals surface area contributed by atoms with Crippen LogP contribution in [-0.2, 0) is 14.3 Å². The lowest BCUT2D eigenvalue weighted by Gasteiger charge is -2.25. The van der Waals surface area contributed by atoms with Crippen molar-refractivity contribution in [3.63, 3.8) is 0 Å². The highest BCUT2D eigenvalue weighted by Crippen LogP contribution is 2.71. The number of rotatable bonds is 3. The average Bonchev–Trinajstić information content (AvgIpc) is 2.72. The molecule has 3 fully saturated rings. The topological polar surface area (TPSA) is 63.6 Å². The van der Waals surface area contributed by atoms with E-state index in [0.29, 0.717) is 12.0 Å². The maximum Gasteiger partial charge on any atom is 0.333 e. The lowest BCUT2D eigenvalue weighted by molar-refractivity contribution is -0.152. The predicted molar refractivity (Wildman–Crippen MR) is 59.1 cm³/mol. The standard InChI is InChI=1S/C13H16O4/c1-6(2)12(16)17-13-5-10(13)8-3-7(13)4-9(8)11(14)15/h7-10H,1,3-5H2,2H3,(H,14,15). The minimum atomic E-state index is -0.691. The molecule has 92 valence electrons. The minimum absolute atomic E-state index is 0.218. The van der Waals surface area contributed by atoms with Crippen LogP contribution in [0.5, 0.6) is 0 Å². The highest BCUT2D eigenvalue weighted by Gasteiger charge is 2.75. The molecule has 0 aliphatic heterocycles. The molecule has 2 bridgehead atoms. The number of ether oxygens (including phenoxy) is 1. The van der Waals surface area contributed by atoms with Crippen molar-refractivity contribution in [1.29, 1.82) is 0 Å². The summed E-state index contributed by atoms with van der Waals surface area (Å²) >= 11 is 0. The molecule has 3 aliphatic carbocycles. The second kappa shape index (κ2) is 3.12. The third-order valence-corrected chi connectivity index (χ3v) is 4.77. The van der Waals surface area contributed by atoms with Gasteiger partial charge in [0, 0.05) is 17.4 Å². The van der Waals surface area contributed by atoms with E-state index in [0.717, 1.165) is 12.8 Å². The van der Waals surface area contributed by atoms with Crippen molar-refractivity contribution in [2.24, 2.45) is 23.7 Å². The fraction of sp³-hybridized carbons (Fsp3) is 0.692. The second-order valence-corrected chi connectivity index (χ2v) is 5.71. The van der Waals surface area contributed by atoms with E-state index in [4.69, 9.17) is 9.84 Å². The van der Waals surface area contributed by atoms with Crippen molar-refractivity contribution in [2.45, 2.75) is 31.8 Å². The van der Waals surface area contributed by atoms with Crippen LogP contribution < -0.4 is 0 Å². The van der Waals surface area contributed by atoms with Gasteiger partial charge in [0.25, 0.3) is 0 Å². The van der Waals surface area contributed by atoms with E-state index < -0.39 is 5.97 Å². The molecule has 0 amide bonds. The number of carboxylic acids is 1. The summed E-state index contributed by atoms with van der Waals surface area (Å²) in [7, 11) is 0. The van der Waals surface area contributed by atoms with Gasteiger partial charge in [-0.25, -0.2) is 4.79 Å². The van der Waals surface area contributed by atoms with Crippen LogP contribution in [0, 0.1) is 23.7 Å². The Kier molecular flexibility index (Phi) is 1.98. The van der Waals surface area contributed by atoms with Gasteiger partial charge in [0.05, 0.1) is 5.92 Å². The molecule has 0 heterocycles. The zero-order chi connectivity index (χ0) is 12.4. The molecule has 4 heteroatoms. The zero-order valence-corrected chi connectivity index (χ0v) is 9.81. The van der Waals surface area contributed by atoms with Gasteiger partial charge in [-0.15, -0.1) is 0 Å². The van der Waals surface area contributed by atoms with Gasteiger partial charge < -0.3 is 9.84 Å². The molecule has 5 unspecified atom stereocenters. The van der Waals surface area contributed by atoms with Crippen LogP contribution >= 0.6 is 0 Å². The van der Waals surface area contributed by atoms with E-state index in [-0.39, 0.29) is 35.2 Å². The molecule has 0 aromatic carbocycles. The Morgan fingerprint density at radius 1 is 1.41 bits per heavy atom. The Morgan fingerprint density at radius 3 is 2.65 bits per heavy atom. The summed E-state index contributed by atoms with van der Waals surface area (Å²) in [6.45, 7) is 5.23. The molecule has 17 heavy (non-hydrogen) atoms. The van der Waals surface area contributed by atoms with E-state index in [1.807, 2.05) is 0 Å². The van der Waals surface area contributed by atoms with Crippen LogP contribution in [0.3, 0.4) is 0 Å². The van der Waals surface area contributed by atoms with E-state index in [9.17, 15) is 9.59 Å². The number of aliphatic carboxylic acids is 1. The molecule has 3 saturated carbocycles. The van der Waals surface area contributed by atoms with Crippen molar-refractivity contribution < 1.29 is 19.4 Å². The van der Waals surface area contributed by atoms with Gasteiger partial charge in [0.15, 0.2) is 0 Å². The number of carbonyl (C=O) groups excluding carboxylic acids is 1. The van der Waals surface area contributed by atoms with Crippen molar-refractivity contribution in [1.82, 2.24) is 0 Å². The van der Waals surface area contributed by atoms with Gasteiger partial charge in [-0.1, -0.05) is 6.58 Å². The first kappa shape index (κ1) is 10.8. The first-order valence-corrected chi connectivity index (χ1v) is 6.07. The Balaban J connectivity index is 1.74. The summed E-state index contributed by atoms with van der Waals surface area (Å²) in [6.07, 6.45) is 2.43. The molecule has 3 rings (SSSR count). The van der Waals surface area contributed by atoms with Crippen molar-refractivity contribution in [3.8, 4) is 0 Å². The largest absolute Gasteiger partial charge is 0.481 e. The summed E-state index contributed by atoms with van der Waals surface area (Å²) in [5.41, 5.74) is 0.0923. The summed E-state index contributed by atoms with van der Waals surface area (Å²) in [5.74, 6) is -0.483. The molecule has 0 aromatic rings. The Morgan fingerprint density at radius 2 is 2.12 bits per heavy atom. The maximum atomic E-state index is 11.6. The zero-order valence-electron chi connectivity index (χ0n) is 9.81. The number of hydrogen-bond acceptors (Lipinski definition) is 3. The number of carboxylic acid groups (broad SMARTS) is 1. The molecular formula is C13H16O4. The Hall–Kier alpha value is -1.32. The Labute approximate surface area is 99.6 Å². The second-order valence-electron chi connectivity index (χ2n) is 5.71. The van der Waals surface area contributed by atoms with E-state index in [1.54, 1.807) is 6.92 Å². The van der Waals surface area contributed by atoms with Crippen LogP contribution in [0.25, 0.3) is 0 Å². The highest BCUT2D eigenvalue weighted by atomic mass is 16.6. The quantitative estimate of drug-likeness (QED) is 0.597. The minimum Gasteiger partial charge on any atom is -0.481 e. The third kappa shape index (κ3) is 1.30. The molecule has 5 atom stereocenters. The SMILES string of the molecule is C=C(C)C(=O)OC12CC1C1CC2CC1C(=O)O. The molecule has 0 aromatic heterocycles. The van der Waals surface area contributed by atoms with Crippen LogP contribution in [0.2, 0.25) is 0 Å². The van der Waals surface area contributed by atoms with Gasteiger partial charge in [-0.05, 0) is 32.1 Å². The smallest absolute Gasteiger partial charge is 0.333 e. The summed E-state index contributed by atoms with van der Waals surface area (Å²) < 4.78 is 5.56. The highest BCUT2D eigenvalue weighted by molar-refractivity contribution is 5.87. The molecule has 0 radical (unpaired) electrons. The fourth-order valence-corrected chi connectivity index (χ4v) is 3.93. The Bertz CT molecular complexity index is 427.